The van der Waals surface area contributed by atoms with E-state index in [0.717, 1.165) is 9.99 Å². The maximum absolute atomic E-state index is 12.8. The zero-order valence-corrected chi connectivity index (χ0v) is 11.7. The van der Waals surface area contributed by atoms with Crippen LogP contribution in [0.3, 0.4) is 0 Å². The summed E-state index contributed by atoms with van der Waals surface area (Å²) in [5.74, 6) is -0.703. The predicted octanol–water partition coefficient (Wildman–Crippen LogP) is 3.72. The number of fused-ring (bicyclic) bond motifs is 1. The van der Waals surface area contributed by atoms with E-state index in [1.54, 1.807) is 0 Å². The van der Waals surface area contributed by atoms with E-state index >= 15 is 0 Å². The summed E-state index contributed by atoms with van der Waals surface area (Å²) in [6.07, 6.45) is 0. The van der Waals surface area contributed by atoms with Gasteiger partial charge in [-0.05, 0) is 36.4 Å². The van der Waals surface area contributed by atoms with E-state index in [2.05, 4.69) is 31.4 Å². The minimum atomic E-state index is -0.352. The number of aromatic amines is 1. The maximum Gasteiger partial charge on any atom is 0.276 e. The van der Waals surface area contributed by atoms with Gasteiger partial charge in [0.1, 0.15) is 5.82 Å². The smallest absolute Gasteiger partial charge is 0.276 e. The van der Waals surface area contributed by atoms with Gasteiger partial charge in [0.25, 0.3) is 5.91 Å². The molecular formula is C14H9BrFN3O. The molecule has 0 saturated heterocycles. The number of amides is 1. The van der Waals surface area contributed by atoms with Crippen LogP contribution in [-0.2, 0) is 0 Å². The van der Waals surface area contributed by atoms with Gasteiger partial charge in [-0.15, -0.1) is 0 Å². The molecule has 0 unspecified atom stereocenters. The van der Waals surface area contributed by atoms with Crippen molar-refractivity contribution in [2.75, 3.05) is 5.32 Å². The van der Waals surface area contributed by atoms with Crippen LogP contribution in [0.2, 0.25) is 0 Å². The van der Waals surface area contributed by atoms with Crippen molar-refractivity contribution < 1.29 is 9.18 Å². The van der Waals surface area contributed by atoms with Crippen molar-refractivity contribution in [2.45, 2.75) is 0 Å². The topological polar surface area (TPSA) is 57.8 Å². The number of aromatic nitrogens is 2. The van der Waals surface area contributed by atoms with Gasteiger partial charge in [0.2, 0.25) is 0 Å². The third kappa shape index (κ3) is 2.30. The number of halogens is 2. The molecule has 4 nitrogen and oxygen atoms in total. The third-order valence-corrected chi connectivity index (χ3v) is 3.52. The molecule has 0 spiro atoms. The summed E-state index contributed by atoms with van der Waals surface area (Å²) in [6.45, 7) is 0. The van der Waals surface area contributed by atoms with Crippen LogP contribution >= 0.6 is 15.9 Å². The molecule has 1 aromatic heterocycles. The largest absolute Gasteiger partial charge is 0.321 e. The number of nitrogens with zero attached hydrogens (tertiary/aromatic N) is 1. The summed E-state index contributed by atoms with van der Waals surface area (Å²) in [6, 6.07) is 11.1. The second-order valence-electron chi connectivity index (χ2n) is 4.20. The Morgan fingerprint density at radius 3 is 2.70 bits per heavy atom. The highest BCUT2D eigenvalue weighted by Gasteiger charge is 2.16. The fourth-order valence-electron chi connectivity index (χ4n) is 1.92. The number of anilines is 1. The quantitative estimate of drug-likeness (QED) is 0.750. The van der Waals surface area contributed by atoms with Crippen LogP contribution in [0, 0.1) is 5.82 Å². The molecule has 100 valence electrons. The van der Waals surface area contributed by atoms with E-state index in [1.807, 2.05) is 18.2 Å². The van der Waals surface area contributed by atoms with Crippen molar-refractivity contribution in [3.8, 4) is 0 Å². The average Bonchev–Trinajstić information content (AvgIpc) is 2.87. The fourth-order valence-corrected chi connectivity index (χ4v) is 2.47. The lowest BCUT2D eigenvalue weighted by molar-refractivity contribution is 0.102. The number of hydrogen-bond donors (Lipinski definition) is 2. The summed E-state index contributed by atoms with van der Waals surface area (Å²) in [5, 5.41) is 10.2. The number of benzene rings is 2. The summed E-state index contributed by atoms with van der Waals surface area (Å²) >= 11 is 3.40. The van der Waals surface area contributed by atoms with Gasteiger partial charge >= 0.3 is 0 Å². The minimum absolute atomic E-state index is 0.289. The van der Waals surface area contributed by atoms with E-state index in [1.165, 1.54) is 24.3 Å². The number of nitrogens with one attached hydrogen (secondary N) is 2. The van der Waals surface area contributed by atoms with E-state index in [9.17, 15) is 9.18 Å². The average molecular weight is 334 g/mol. The molecule has 20 heavy (non-hydrogen) atoms. The lowest BCUT2D eigenvalue weighted by Crippen LogP contribution is -2.12. The van der Waals surface area contributed by atoms with Crippen molar-refractivity contribution in [3.63, 3.8) is 0 Å². The van der Waals surface area contributed by atoms with Crippen molar-refractivity contribution >= 4 is 38.4 Å². The Hall–Kier alpha value is -2.21. The molecule has 1 amide bonds. The number of carbonyl (C=O) groups excluding carboxylic acids is 1. The van der Waals surface area contributed by atoms with Crippen LogP contribution in [0.25, 0.3) is 10.9 Å². The molecule has 0 aliphatic carbocycles. The second-order valence-corrected chi connectivity index (χ2v) is 5.05. The molecule has 3 rings (SSSR count). The van der Waals surface area contributed by atoms with Crippen LogP contribution in [-0.4, -0.2) is 16.1 Å². The Morgan fingerprint density at radius 2 is 1.95 bits per heavy atom. The molecule has 6 heteroatoms. The van der Waals surface area contributed by atoms with Gasteiger partial charge in [0.15, 0.2) is 5.69 Å². The monoisotopic (exact) mass is 333 g/mol. The third-order valence-electron chi connectivity index (χ3n) is 2.86. The lowest BCUT2D eigenvalue weighted by Gasteiger charge is -2.03. The number of rotatable bonds is 2. The van der Waals surface area contributed by atoms with Crippen LogP contribution in [0.4, 0.5) is 10.1 Å². The van der Waals surface area contributed by atoms with Crippen LogP contribution < -0.4 is 5.32 Å². The molecule has 0 radical (unpaired) electrons. The first kappa shape index (κ1) is 12.8. The maximum atomic E-state index is 12.8. The Balaban J connectivity index is 1.95. The Kier molecular flexibility index (Phi) is 3.23. The van der Waals surface area contributed by atoms with Crippen molar-refractivity contribution in [1.29, 1.82) is 0 Å². The van der Waals surface area contributed by atoms with Crippen molar-refractivity contribution in [1.82, 2.24) is 10.2 Å². The fraction of sp³-hybridized carbons (Fsp3) is 0. The van der Waals surface area contributed by atoms with Gasteiger partial charge in [0.05, 0.1) is 5.52 Å². The molecule has 1 heterocycles. The van der Waals surface area contributed by atoms with E-state index in [0.29, 0.717) is 11.1 Å². The van der Waals surface area contributed by atoms with Gasteiger partial charge in [-0.25, -0.2) is 4.39 Å². The first-order valence-electron chi connectivity index (χ1n) is 5.84. The molecule has 0 fully saturated rings. The number of H-pyrrole nitrogens is 1. The lowest BCUT2D eigenvalue weighted by atomic mass is 10.2. The van der Waals surface area contributed by atoms with Crippen molar-refractivity contribution in [3.05, 3.63) is 58.4 Å². The standard InChI is InChI=1S/C14H9BrFN3O/c15-10-2-1-3-11-12(10)13(19-18-11)14(20)17-9-6-4-8(16)5-7-9/h1-7H,(H,17,20)(H,18,19). The molecule has 0 atom stereocenters. The molecule has 2 N–H and O–H groups in total. The van der Waals surface area contributed by atoms with E-state index in [4.69, 9.17) is 0 Å². The molecule has 0 aliphatic rings. The summed E-state index contributed by atoms with van der Waals surface area (Å²) in [7, 11) is 0. The van der Waals surface area contributed by atoms with Crippen LogP contribution in [0.15, 0.2) is 46.9 Å². The summed E-state index contributed by atoms with van der Waals surface area (Å²) in [4.78, 5) is 12.2. The Bertz CT molecular complexity index is 783. The zero-order chi connectivity index (χ0) is 14.1. The highest BCUT2D eigenvalue weighted by molar-refractivity contribution is 9.10. The predicted molar refractivity (Wildman–Crippen MR) is 78.1 cm³/mol. The minimum Gasteiger partial charge on any atom is -0.321 e. The SMILES string of the molecule is O=C(Nc1ccc(F)cc1)c1n[nH]c2cccc(Br)c12. The van der Waals surface area contributed by atoms with Crippen LogP contribution in [0.1, 0.15) is 10.5 Å². The highest BCUT2D eigenvalue weighted by atomic mass is 79.9. The number of hydrogen-bond acceptors (Lipinski definition) is 2. The molecule has 0 saturated carbocycles. The van der Waals surface area contributed by atoms with Crippen molar-refractivity contribution in [2.24, 2.45) is 0 Å². The number of carbonyl (C=O) groups is 1. The summed E-state index contributed by atoms with van der Waals surface area (Å²) < 4.78 is 13.6. The molecular weight excluding hydrogens is 325 g/mol. The normalized spacial score (nSPS) is 10.7. The second kappa shape index (κ2) is 5.05. The molecule has 0 bridgehead atoms. The first-order valence-corrected chi connectivity index (χ1v) is 6.64. The Morgan fingerprint density at radius 1 is 1.20 bits per heavy atom. The molecule has 0 aliphatic heterocycles. The van der Waals surface area contributed by atoms with E-state index in [-0.39, 0.29) is 17.4 Å². The van der Waals surface area contributed by atoms with Gasteiger partial charge in [-0.2, -0.15) is 5.10 Å². The first-order chi connectivity index (χ1) is 9.65. The zero-order valence-electron chi connectivity index (χ0n) is 10.2. The molecule has 3 aromatic rings. The van der Waals surface area contributed by atoms with Crippen LogP contribution in [0.5, 0.6) is 0 Å². The van der Waals surface area contributed by atoms with Gasteiger partial charge < -0.3 is 5.32 Å². The highest BCUT2D eigenvalue weighted by Crippen LogP contribution is 2.25. The molecule has 2 aromatic carbocycles. The van der Waals surface area contributed by atoms with Gasteiger partial charge in [-0.3, -0.25) is 9.89 Å². The van der Waals surface area contributed by atoms with Gasteiger partial charge in [0, 0.05) is 15.5 Å². The van der Waals surface area contributed by atoms with E-state index < -0.39 is 0 Å². The van der Waals surface area contributed by atoms with Gasteiger partial charge in [-0.1, -0.05) is 22.0 Å². The summed E-state index contributed by atoms with van der Waals surface area (Å²) in [5.41, 5.74) is 1.57. The Labute approximate surface area is 122 Å².